The number of aromatic nitrogens is 2. The normalized spacial score (nSPS) is 14.6. The van der Waals surface area contributed by atoms with Gasteiger partial charge in [-0.1, -0.05) is 30.3 Å². The molecule has 6 nitrogen and oxygen atoms in total. The molecular weight excluding hydrogens is 383 g/mol. The Morgan fingerprint density at radius 1 is 1.17 bits per heavy atom. The summed E-state index contributed by atoms with van der Waals surface area (Å²) >= 11 is 0. The average Bonchev–Trinajstić information content (AvgIpc) is 3.00. The number of nitrogens with zero attached hydrogens (tertiary/aromatic N) is 2. The fourth-order valence-corrected chi connectivity index (χ4v) is 3.20. The Hall–Kier alpha value is -3.07. The number of benzene rings is 2. The smallest absolute Gasteiger partial charge is 0.359 e. The summed E-state index contributed by atoms with van der Waals surface area (Å²) < 4.78 is 41.2. The summed E-state index contributed by atoms with van der Waals surface area (Å²) in [4.78, 5) is 12.1. The fourth-order valence-electron chi connectivity index (χ4n) is 3.20. The Labute approximate surface area is 165 Å². The lowest BCUT2D eigenvalue weighted by Crippen LogP contribution is -2.57. The van der Waals surface area contributed by atoms with E-state index in [0.717, 1.165) is 30.8 Å². The molecule has 0 saturated carbocycles. The summed E-state index contributed by atoms with van der Waals surface area (Å²) in [6.07, 6.45) is -4.46. The van der Waals surface area contributed by atoms with E-state index in [1.54, 1.807) is 4.68 Å². The molecule has 1 aliphatic rings. The highest BCUT2D eigenvalue weighted by Gasteiger charge is 2.31. The first-order valence-electron chi connectivity index (χ1n) is 9.26. The molecule has 1 aromatic heterocycles. The van der Waals surface area contributed by atoms with Gasteiger partial charge in [-0.2, -0.15) is 18.3 Å². The van der Waals surface area contributed by atoms with E-state index in [1.165, 1.54) is 6.07 Å². The van der Waals surface area contributed by atoms with E-state index in [4.69, 9.17) is 0 Å². The lowest BCUT2D eigenvalue weighted by atomic mass is 10.1. The summed E-state index contributed by atoms with van der Waals surface area (Å²) in [5.41, 5.74) is 0.781. The van der Waals surface area contributed by atoms with Crippen LogP contribution in [0.2, 0.25) is 0 Å². The molecule has 3 aromatic rings. The summed E-state index contributed by atoms with van der Waals surface area (Å²) in [5.74, 6) is 0.0261. The van der Waals surface area contributed by atoms with E-state index in [2.05, 4.69) is 21.0 Å². The van der Waals surface area contributed by atoms with Gasteiger partial charge in [-0.15, -0.1) is 0 Å². The molecule has 1 saturated heterocycles. The molecule has 0 spiro atoms. The van der Waals surface area contributed by atoms with E-state index in [1.807, 2.05) is 30.3 Å². The van der Waals surface area contributed by atoms with Gasteiger partial charge in [0, 0.05) is 18.5 Å². The molecule has 1 aliphatic heterocycles. The third-order valence-corrected chi connectivity index (χ3v) is 4.82. The Kier molecular flexibility index (Phi) is 5.14. The van der Waals surface area contributed by atoms with Gasteiger partial charge >= 0.3 is 6.18 Å². The lowest BCUT2D eigenvalue weighted by molar-refractivity contribution is -0.137. The van der Waals surface area contributed by atoms with Crippen molar-refractivity contribution in [2.75, 3.05) is 25.0 Å². The van der Waals surface area contributed by atoms with Crippen molar-refractivity contribution in [3.8, 4) is 0 Å². The molecule has 0 unspecified atom stereocenters. The average molecular weight is 403 g/mol. The number of nitrogens with one attached hydrogen (secondary N) is 3. The number of amides is 1. The van der Waals surface area contributed by atoms with Crippen LogP contribution in [0.15, 0.2) is 48.5 Å². The van der Waals surface area contributed by atoms with Gasteiger partial charge in [-0.05, 0) is 23.8 Å². The van der Waals surface area contributed by atoms with Crippen LogP contribution in [0, 0.1) is 0 Å². The quantitative estimate of drug-likeness (QED) is 0.592. The molecule has 2 aromatic carbocycles. The maximum Gasteiger partial charge on any atom is 0.416 e. The SMILES string of the molecule is O=C(CNc1nn(Cc2ccccc2)c2ccc(C(F)(F)F)cc12)NC1CNC1. The third kappa shape index (κ3) is 4.34. The van der Waals surface area contributed by atoms with Crippen LogP contribution in [0.5, 0.6) is 0 Å². The highest BCUT2D eigenvalue weighted by atomic mass is 19.4. The molecule has 152 valence electrons. The predicted octanol–water partition coefficient (Wildman–Crippen LogP) is 2.60. The second-order valence-corrected chi connectivity index (χ2v) is 7.00. The zero-order valence-corrected chi connectivity index (χ0v) is 15.5. The molecule has 0 bridgehead atoms. The van der Waals surface area contributed by atoms with E-state index < -0.39 is 11.7 Å². The van der Waals surface area contributed by atoms with Gasteiger partial charge in [0.2, 0.25) is 5.91 Å². The Bertz CT molecular complexity index is 1010. The monoisotopic (exact) mass is 403 g/mol. The topological polar surface area (TPSA) is 71.0 Å². The number of halogens is 3. The van der Waals surface area contributed by atoms with E-state index >= 15 is 0 Å². The minimum absolute atomic E-state index is 0.0653. The second-order valence-electron chi connectivity index (χ2n) is 7.00. The van der Waals surface area contributed by atoms with Gasteiger partial charge in [-0.25, -0.2) is 0 Å². The first-order chi connectivity index (χ1) is 13.9. The number of rotatable bonds is 6. The maximum atomic E-state index is 13.2. The van der Waals surface area contributed by atoms with Gasteiger partial charge in [0.05, 0.1) is 30.2 Å². The highest BCUT2D eigenvalue weighted by Crippen LogP contribution is 2.33. The largest absolute Gasteiger partial charge is 0.416 e. The molecule has 4 rings (SSSR count). The van der Waals surface area contributed by atoms with Crippen molar-refractivity contribution < 1.29 is 18.0 Å². The van der Waals surface area contributed by atoms with Crippen molar-refractivity contribution in [2.45, 2.75) is 18.8 Å². The van der Waals surface area contributed by atoms with Crippen molar-refractivity contribution in [3.63, 3.8) is 0 Å². The minimum Gasteiger partial charge on any atom is -0.359 e. The molecule has 3 N–H and O–H groups in total. The Morgan fingerprint density at radius 2 is 1.93 bits per heavy atom. The maximum absolute atomic E-state index is 13.2. The van der Waals surface area contributed by atoms with Crippen molar-refractivity contribution in [2.24, 2.45) is 0 Å². The molecule has 0 radical (unpaired) electrons. The third-order valence-electron chi connectivity index (χ3n) is 4.82. The van der Waals surface area contributed by atoms with Crippen molar-refractivity contribution in [1.82, 2.24) is 20.4 Å². The fraction of sp³-hybridized carbons (Fsp3) is 0.300. The van der Waals surface area contributed by atoms with Crippen LogP contribution in [0.1, 0.15) is 11.1 Å². The number of alkyl halides is 3. The van der Waals surface area contributed by atoms with Crippen molar-refractivity contribution in [1.29, 1.82) is 0 Å². The summed E-state index contributed by atoms with van der Waals surface area (Å²) in [7, 11) is 0. The summed E-state index contributed by atoms with van der Waals surface area (Å²) in [6.45, 7) is 1.78. The second kappa shape index (κ2) is 7.75. The van der Waals surface area contributed by atoms with Gasteiger partial charge in [0.25, 0.3) is 0 Å². The zero-order valence-electron chi connectivity index (χ0n) is 15.5. The van der Waals surface area contributed by atoms with Crippen LogP contribution in [-0.4, -0.2) is 41.4 Å². The number of carbonyl (C=O) groups is 1. The first-order valence-corrected chi connectivity index (χ1v) is 9.26. The van der Waals surface area contributed by atoms with Crippen molar-refractivity contribution >= 4 is 22.6 Å². The number of carbonyl (C=O) groups excluding carboxylic acids is 1. The minimum atomic E-state index is -4.46. The van der Waals surface area contributed by atoms with Crippen LogP contribution in [0.25, 0.3) is 10.9 Å². The van der Waals surface area contributed by atoms with Gasteiger partial charge < -0.3 is 16.0 Å². The van der Waals surface area contributed by atoms with Gasteiger partial charge in [-0.3, -0.25) is 9.48 Å². The summed E-state index contributed by atoms with van der Waals surface area (Å²) in [6, 6.07) is 13.1. The standard InChI is InChI=1S/C20H20F3N5O/c21-20(22,23)14-6-7-17-16(8-14)19(25-11-18(29)26-15-9-24-10-15)27-28(17)12-13-4-2-1-3-5-13/h1-8,15,24H,9-12H2,(H,25,27)(H,26,29). The molecule has 2 heterocycles. The van der Waals surface area contributed by atoms with Gasteiger partial charge in [0.1, 0.15) is 0 Å². The van der Waals surface area contributed by atoms with Crippen LogP contribution < -0.4 is 16.0 Å². The summed E-state index contributed by atoms with van der Waals surface area (Å²) in [5, 5.41) is 13.6. The van der Waals surface area contributed by atoms with E-state index in [-0.39, 0.29) is 24.3 Å². The zero-order chi connectivity index (χ0) is 20.4. The highest BCUT2D eigenvalue weighted by molar-refractivity contribution is 5.92. The molecule has 1 fully saturated rings. The number of hydrogen-bond donors (Lipinski definition) is 3. The van der Waals surface area contributed by atoms with E-state index in [0.29, 0.717) is 17.4 Å². The molecule has 29 heavy (non-hydrogen) atoms. The van der Waals surface area contributed by atoms with Crippen LogP contribution >= 0.6 is 0 Å². The molecule has 0 atom stereocenters. The number of fused-ring (bicyclic) bond motifs is 1. The van der Waals surface area contributed by atoms with E-state index in [9.17, 15) is 18.0 Å². The first kappa shape index (κ1) is 19.3. The van der Waals surface area contributed by atoms with Crippen LogP contribution in [-0.2, 0) is 17.5 Å². The molecule has 9 heteroatoms. The van der Waals surface area contributed by atoms with Crippen molar-refractivity contribution in [3.05, 3.63) is 59.7 Å². The number of hydrogen-bond acceptors (Lipinski definition) is 4. The molecule has 0 aliphatic carbocycles. The Morgan fingerprint density at radius 3 is 2.59 bits per heavy atom. The lowest BCUT2D eigenvalue weighted by Gasteiger charge is -2.27. The molecular formula is C20H20F3N5O. The molecule has 1 amide bonds. The van der Waals surface area contributed by atoms with Crippen LogP contribution in [0.3, 0.4) is 0 Å². The van der Waals surface area contributed by atoms with Crippen LogP contribution in [0.4, 0.5) is 19.0 Å². The Balaban J connectivity index is 1.62. The predicted molar refractivity (Wildman–Crippen MR) is 104 cm³/mol. The van der Waals surface area contributed by atoms with Gasteiger partial charge in [0.15, 0.2) is 5.82 Å². The number of anilines is 1.